The van der Waals surface area contributed by atoms with Crippen molar-refractivity contribution < 1.29 is 0 Å². The second kappa shape index (κ2) is 1.86. The van der Waals surface area contributed by atoms with Gasteiger partial charge in [0.15, 0.2) is 5.95 Å². The summed E-state index contributed by atoms with van der Waals surface area (Å²) in [5.74, 6) is 0.822. The van der Waals surface area contributed by atoms with Crippen LogP contribution in [0.15, 0.2) is 6.20 Å². The van der Waals surface area contributed by atoms with Gasteiger partial charge in [-0.2, -0.15) is 0 Å². The van der Waals surface area contributed by atoms with Crippen molar-refractivity contribution >= 4 is 5.95 Å². The van der Waals surface area contributed by atoms with Crippen molar-refractivity contribution in [3.8, 4) is 0 Å². The van der Waals surface area contributed by atoms with Gasteiger partial charge in [0.1, 0.15) is 0 Å². The van der Waals surface area contributed by atoms with Crippen LogP contribution in [0.2, 0.25) is 0 Å². The Morgan fingerprint density at radius 2 is 2.50 bits per heavy atom. The first-order valence-corrected chi connectivity index (χ1v) is 2.52. The van der Waals surface area contributed by atoms with Crippen molar-refractivity contribution in [1.82, 2.24) is 9.97 Å². The highest BCUT2D eigenvalue weighted by Gasteiger charge is 1.88. The van der Waals surface area contributed by atoms with E-state index in [4.69, 9.17) is 0 Å². The van der Waals surface area contributed by atoms with Crippen molar-refractivity contribution in [3.05, 3.63) is 11.9 Å². The van der Waals surface area contributed by atoms with E-state index in [9.17, 15) is 0 Å². The van der Waals surface area contributed by atoms with Crippen LogP contribution in [0.4, 0.5) is 5.95 Å². The van der Waals surface area contributed by atoms with Crippen LogP contribution in [0.3, 0.4) is 0 Å². The van der Waals surface area contributed by atoms with Gasteiger partial charge in [-0.05, 0) is 6.92 Å². The number of hydrogen-bond donors (Lipinski definition) is 2. The Bertz CT molecular complexity index is 168. The molecule has 0 bridgehead atoms. The minimum Gasteiger partial charge on any atom is -0.359 e. The average Bonchev–Trinajstić information content (AvgIpc) is 2.14. The molecule has 3 heteroatoms. The van der Waals surface area contributed by atoms with Gasteiger partial charge in [0.2, 0.25) is 0 Å². The minimum atomic E-state index is 0.822. The fraction of sp³-hybridized carbons (Fsp3) is 0.400. The summed E-state index contributed by atoms with van der Waals surface area (Å²) < 4.78 is 0. The minimum absolute atomic E-state index is 0.822. The Kier molecular flexibility index (Phi) is 1.20. The van der Waals surface area contributed by atoms with Crippen LogP contribution in [0.5, 0.6) is 0 Å². The van der Waals surface area contributed by atoms with Gasteiger partial charge in [-0.3, -0.25) is 0 Å². The molecule has 1 heterocycles. The maximum atomic E-state index is 3.97. The summed E-state index contributed by atoms with van der Waals surface area (Å²) in [4.78, 5) is 6.97. The van der Waals surface area contributed by atoms with E-state index in [1.807, 2.05) is 14.0 Å². The van der Waals surface area contributed by atoms with E-state index < -0.39 is 0 Å². The van der Waals surface area contributed by atoms with Gasteiger partial charge in [-0.1, -0.05) is 0 Å². The fourth-order valence-corrected chi connectivity index (χ4v) is 0.540. The zero-order valence-corrected chi connectivity index (χ0v) is 5.02. The van der Waals surface area contributed by atoms with Crippen LogP contribution in [-0.4, -0.2) is 17.0 Å². The predicted octanol–water partition coefficient (Wildman–Crippen LogP) is 0.760. The Morgan fingerprint density at radius 3 is 2.75 bits per heavy atom. The molecule has 0 fully saturated rings. The molecule has 1 aromatic heterocycles. The third-order valence-electron chi connectivity index (χ3n) is 0.940. The van der Waals surface area contributed by atoms with Gasteiger partial charge < -0.3 is 10.3 Å². The van der Waals surface area contributed by atoms with E-state index in [2.05, 4.69) is 15.3 Å². The zero-order chi connectivity index (χ0) is 5.98. The molecule has 0 aromatic carbocycles. The van der Waals surface area contributed by atoms with E-state index in [0.717, 1.165) is 11.6 Å². The Hall–Kier alpha value is -0.990. The number of nitrogens with zero attached hydrogens (tertiary/aromatic N) is 1. The molecule has 0 aliphatic rings. The number of H-pyrrole nitrogens is 1. The van der Waals surface area contributed by atoms with Gasteiger partial charge >= 0.3 is 0 Å². The van der Waals surface area contributed by atoms with Gasteiger partial charge in [0.25, 0.3) is 0 Å². The molecule has 0 saturated carbocycles. The van der Waals surface area contributed by atoms with E-state index in [1.54, 1.807) is 6.20 Å². The van der Waals surface area contributed by atoms with Gasteiger partial charge in [-0.15, -0.1) is 0 Å². The number of aryl methyl sites for hydroxylation is 1. The molecule has 1 rings (SSSR count). The average molecular weight is 111 g/mol. The van der Waals surface area contributed by atoms with E-state index >= 15 is 0 Å². The van der Waals surface area contributed by atoms with Crippen LogP contribution in [0, 0.1) is 6.92 Å². The van der Waals surface area contributed by atoms with Crippen LogP contribution in [-0.2, 0) is 0 Å². The predicted molar refractivity (Wildman–Crippen MR) is 32.9 cm³/mol. The van der Waals surface area contributed by atoms with Crippen molar-refractivity contribution in [2.45, 2.75) is 6.92 Å². The smallest absolute Gasteiger partial charge is 0.200 e. The van der Waals surface area contributed by atoms with E-state index in [-0.39, 0.29) is 0 Å². The van der Waals surface area contributed by atoms with Crippen molar-refractivity contribution in [1.29, 1.82) is 0 Å². The molecule has 2 N–H and O–H groups in total. The molecule has 0 unspecified atom stereocenters. The monoisotopic (exact) mass is 111 g/mol. The fourth-order valence-electron chi connectivity index (χ4n) is 0.540. The number of aromatic amines is 1. The van der Waals surface area contributed by atoms with Crippen molar-refractivity contribution in [2.24, 2.45) is 0 Å². The summed E-state index contributed by atoms with van der Waals surface area (Å²) in [6, 6.07) is 0. The quantitative estimate of drug-likeness (QED) is 0.561. The lowest BCUT2D eigenvalue weighted by Crippen LogP contribution is -1.88. The first kappa shape index (κ1) is 5.15. The van der Waals surface area contributed by atoms with Gasteiger partial charge in [0, 0.05) is 18.9 Å². The second-order valence-electron chi connectivity index (χ2n) is 1.66. The van der Waals surface area contributed by atoms with Crippen molar-refractivity contribution in [2.75, 3.05) is 12.4 Å². The molecular formula is C5H9N3. The first-order valence-electron chi connectivity index (χ1n) is 2.52. The molecule has 3 nitrogen and oxygen atoms in total. The van der Waals surface area contributed by atoms with Crippen molar-refractivity contribution in [3.63, 3.8) is 0 Å². The lowest BCUT2D eigenvalue weighted by atomic mass is 10.6. The Morgan fingerprint density at radius 1 is 1.75 bits per heavy atom. The number of imidazole rings is 1. The molecule has 0 atom stereocenters. The molecule has 8 heavy (non-hydrogen) atoms. The number of hydrogen-bond acceptors (Lipinski definition) is 2. The lowest BCUT2D eigenvalue weighted by Gasteiger charge is -1.87. The maximum Gasteiger partial charge on any atom is 0.200 e. The van der Waals surface area contributed by atoms with Crippen LogP contribution >= 0.6 is 0 Å². The number of rotatable bonds is 1. The summed E-state index contributed by atoms with van der Waals surface area (Å²) in [5, 5.41) is 2.88. The second-order valence-corrected chi connectivity index (χ2v) is 1.66. The molecule has 0 aliphatic carbocycles. The first-order chi connectivity index (χ1) is 3.83. The summed E-state index contributed by atoms with van der Waals surface area (Å²) in [7, 11) is 1.83. The molecule has 0 spiro atoms. The van der Waals surface area contributed by atoms with Crippen LogP contribution < -0.4 is 5.32 Å². The SMILES string of the molecule is CNc1ncc(C)[nH]1. The highest BCUT2D eigenvalue weighted by Crippen LogP contribution is 1.96. The summed E-state index contributed by atoms with van der Waals surface area (Å²) >= 11 is 0. The molecule has 1 aromatic rings. The molecular weight excluding hydrogens is 102 g/mol. The Balaban J connectivity index is 2.84. The summed E-state index contributed by atoms with van der Waals surface area (Å²) in [5.41, 5.74) is 1.08. The normalized spacial score (nSPS) is 9.25. The Labute approximate surface area is 48.1 Å². The number of nitrogens with one attached hydrogen (secondary N) is 2. The van der Waals surface area contributed by atoms with Gasteiger partial charge in [-0.25, -0.2) is 4.98 Å². The maximum absolute atomic E-state index is 3.97. The number of anilines is 1. The van der Waals surface area contributed by atoms with Crippen LogP contribution in [0.25, 0.3) is 0 Å². The molecule has 0 radical (unpaired) electrons. The standard InChI is InChI=1S/C5H9N3/c1-4-3-7-5(6-2)8-4/h3H,1-2H3,(H2,6,7,8). The molecule has 0 saturated heterocycles. The third kappa shape index (κ3) is 0.804. The number of aromatic nitrogens is 2. The highest BCUT2D eigenvalue weighted by atomic mass is 15.1. The summed E-state index contributed by atoms with van der Waals surface area (Å²) in [6.45, 7) is 1.97. The largest absolute Gasteiger partial charge is 0.359 e. The lowest BCUT2D eigenvalue weighted by molar-refractivity contribution is 1.23. The zero-order valence-electron chi connectivity index (χ0n) is 5.02. The molecule has 0 aliphatic heterocycles. The van der Waals surface area contributed by atoms with Gasteiger partial charge in [0.05, 0.1) is 0 Å². The molecule has 0 amide bonds. The third-order valence-corrected chi connectivity index (χ3v) is 0.940. The highest BCUT2D eigenvalue weighted by molar-refractivity contribution is 5.23. The summed E-state index contributed by atoms with van der Waals surface area (Å²) in [6.07, 6.45) is 1.78. The van der Waals surface area contributed by atoms with E-state index in [0.29, 0.717) is 0 Å². The van der Waals surface area contributed by atoms with Crippen LogP contribution in [0.1, 0.15) is 5.69 Å². The molecule has 44 valence electrons. The topological polar surface area (TPSA) is 40.7 Å². The van der Waals surface area contributed by atoms with E-state index in [1.165, 1.54) is 0 Å².